The predicted molar refractivity (Wildman–Crippen MR) is 116 cm³/mol. The van der Waals surface area contributed by atoms with Crippen molar-refractivity contribution in [2.75, 3.05) is 40.4 Å². The van der Waals surface area contributed by atoms with Crippen molar-refractivity contribution in [1.82, 2.24) is 15.5 Å². The summed E-state index contributed by atoms with van der Waals surface area (Å²) in [6.07, 6.45) is 2.06. The quantitative estimate of drug-likeness (QED) is 0.362. The lowest BCUT2D eigenvalue weighted by Gasteiger charge is -2.21. The molecule has 1 aromatic rings. The van der Waals surface area contributed by atoms with Gasteiger partial charge < -0.3 is 20.3 Å². The van der Waals surface area contributed by atoms with Gasteiger partial charge in [0.1, 0.15) is 0 Å². The summed E-state index contributed by atoms with van der Waals surface area (Å²) in [5.74, 6) is 1.45. The first-order valence-corrected chi connectivity index (χ1v) is 8.99. The highest BCUT2D eigenvalue weighted by atomic mass is 127. The van der Waals surface area contributed by atoms with Crippen molar-refractivity contribution in [2.45, 2.75) is 26.3 Å². The maximum absolute atomic E-state index is 12.1. The highest BCUT2D eigenvalue weighted by Crippen LogP contribution is 2.16. The monoisotopic (exact) mass is 474 g/mol. The Labute approximate surface area is 173 Å². The van der Waals surface area contributed by atoms with Crippen LogP contribution in [0.1, 0.15) is 35.7 Å². The number of aliphatic imine (C=N–C) groups is 1. The molecule has 2 N–H and O–H groups in total. The van der Waals surface area contributed by atoms with E-state index in [1.54, 1.807) is 14.2 Å². The molecule has 1 heterocycles. The summed E-state index contributed by atoms with van der Waals surface area (Å²) in [5.41, 5.74) is 1.77. The molecule has 26 heavy (non-hydrogen) atoms. The summed E-state index contributed by atoms with van der Waals surface area (Å²) in [7, 11) is 3.56. The Bertz CT molecular complexity index is 595. The first-order chi connectivity index (χ1) is 12.2. The lowest BCUT2D eigenvalue weighted by atomic mass is 10.1. The van der Waals surface area contributed by atoms with E-state index in [2.05, 4.69) is 20.5 Å². The van der Waals surface area contributed by atoms with Crippen molar-refractivity contribution in [1.29, 1.82) is 0 Å². The number of amides is 1. The van der Waals surface area contributed by atoms with Crippen LogP contribution in [0.2, 0.25) is 0 Å². The Morgan fingerprint density at radius 2 is 2.19 bits per heavy atom. The van der Waals surface area contributed by atoms with Crippen molar-refractivity contribution < 1.29 is 9.53 Å². The van der Waals surface area contributed by atoms with Crippen LogP contribution in [0.15, 0.2) is 29.3 Å². The van der Waals surface area contributed by atoms with E-state index in [0.717, 1.165) is 44.1 Å². The number of hydrogen-bond donors (Lipinski definition) is 2. The molecule has 1 atom stereocenters. The van der Waals surface area contributed by atoms with E-state index < -0.39 is 0 Å². The molecule has 0 saturated carbocycles. The third kappa shape index (κ3) is 6.75. The van der Waals surface area contributed by atoms with Crippen LogP contribution in [-0.4, -0.2) is 57.2 Å². The Morgan fingerprint density at radius 3 is 2.88 bits per heavy atom. The molecule has 1 saturated heterocycles. The number of carbonyl (C=O) groups is 1. The lowest BCUT2D eigenvalue weighted by Crippen LogP contribution is -2.39. The number of benzene rings is 1. The average Bonchev–Trinajstić information content (AvgIpc) is 3.09. The van der Waals surface area contributed by atoms with Gasteiger partial charge >= 0.3 is 0 Å². The van der Waals surface area contributed by atoms with Gasteiger partial charge in [-0.15, -0.1) is 24.0 Å². The SMILES string of the molecule is CCCNC(=O)c1cccc(CNC(=NC)N2CCC(COC)C2)c1.I. The predicted octanol–water partition coefficient (Wildman–Crippen LogP) is 2.49. The molecule has 1 fully saturated rings. The van der Waals surface area contributed by atoms with Crippen LogP contribution in [0.5, 0.6) is 0 Å². The van der Waals surface area contributed by atoms with Crippen LogP contribution in [0.3, 0.4) is 0 Å². The molecule has 0 aliphatic carbocycles. The Morgan fingerprint density at radius 1 is 1.38 bits per heavy atom. The van der Waals surface area contributed by atoms with Crippen LogP contribution in [0, 0.1) is 5.92 Å². The summed E-state index contributed by atoms with van der Waals surface area (Å²) >= 11 is 0. The highest BCUT2D eigenvalue weighted by molar-refractivity contribution is 14.0. The van der Waals surface area contributed by atoms with E-state index in [0.29, 0.717) is 24.6 Å². The fourth-order valence-electron chi connectivity index (χ4n) is 3.07. The van der Waals surface area contributed by atoms with Crippen molar-refractivity contribution in [2.24, 2.45) is 10.9 Å². The molecule has 1 amide bonds. The number of likely N-dealkylation sites (tertiary alicyclic amines) is 1. The number of nitrogens with zero attached hydrogens (tertiary/aromatic N) is 2. The van der Waals surface area contributed by atoms with Gasteiger partial charge in [-0.05, 0) is 30.5 Å². The molecule has 0 bridgehead atoms. The van der Waals surface area contributed by atoms with Crippen molar-refractivity contribution >= 4 is 35.8 Å². The molecular weight excluding hydrogens is 443 g/mol. The largest absolute Gasteiger partial charge is 0.384 e. The van der Waals surface area contributed by atoms with Gasteiger partial charge in [-0.2, -0.15) is 0 Å². The van der Waals surface area contributed by atoms with E-state index in [-0.39, 0.29) is 29.9 Å². The van der Waals surface area contributed by atoms with Crippen molar-refractivity contribution in [3.63, 3.8) is 0 Å². The number of nitrogens with one attached hydrogen (secondary N) is 2. The Hall–Kier alpha value is -1.35. The molecular formula is C19H31IN4O2. The van der Waals surface area contributed by atoms with Gasteiger partial charge in [-0.25, -0.2) is 0 Å². The molecule has 1 aliphatic heterocycles. The fraction of sp³-hybridized carbons (Fsp3) is 0.579. The molecule has 0 radical (unpaired) electrons. The second kappa shape index (κ2) is 12.1. The van der Waals surface area contributed by atoms with E-state index >= 15 is 0 Å². The summed E-state index contributed by atoms with van der Waals surface area (Å²) in [4.78, 5) is 18.7. The first-order valence-electron chi connectivity index (χ1n) is 8.99. The maximum Gasteiger partial charge on any atom is 0.251 e. The Kier molecular flexibility index (Phi) is 10.6. The zero-order valence-electron chi connectivity index (χ0n) is 16.0. The molecule has 2 rings (SSSR count). The molecule has 1 aliphatic rings. The molecule has 0 spiro atoms. The van der Waals surface area contributed by atoms with E-state index in [4.69, 9.17) is 4.74 Å². The standard InChI is InChI=1S/C19H30N4O2.HI/c1-4-9-21-18(24)17-7-5-6-15(11-17)12-22-19(20-2)23-10-8-16(13-23)14-25-3;/h5-7,11,16H,4,8-10,12-14H2,1-3H3,(H,20,22)(H,21,24);1H. The third-order valence-electron chi connectivity index (χ3n) is 4.37. The van der Waals surface area contributed by atoms with E-state index in [1.807, 2.05) is 31.2 Å². The van der Waals surface area contributed by atoms with Crippen LogP contribution in [0.25, 0.3) is 0 Å². The summed E-state index contributed by atoms with van der Waals surface area (Å²) in [6.45, 7) is 6.14. The van der Waals surface area contributed by atoms with Gasteiger partial charge in [0.15, 0.2) is 5.96 Å². The number of hydrogen-bond acceptors (Lipinski definition) is 3. The summed E-state index contributed by atoms with van der Waals surface area (Å²) in [5, 5.41) is 6.31. The van der Waals surface area contributed by atoms with Gasteiger partial charge in [-0.1, -0.05) is 19.1 Å². The minimum absolute atomic E-state index is 0. The number of halogens is 1. The van der Waals surface area contributed by atoms with Crippen LogP contribution >= 0.6 is 24.0 Å². The number of rotatable bonds is 7. The van der Waals surface area contributed by atoms with Crippen molar-refractivity contribution in [3.05, 3.63) is 35.4 Å². The highest BCUT2D eigenvalue weighted by Gasteiger charge is 2.24. The average molecular weight is 474 g/mol. The van der Waals surface area contributed by atoms with Gasteiger partial charge in [0, 0.05) is 51.8 Å². The molecule has 146 valence electrons. The molecule has 0 aromatic heterocycles. The van der Waals surface area contributed by atoms with E-state index in [1.165, 1.54) is 0 Å². The van der Waals surface area contributed by atoms with Crippen LogP contribution in [-0.2, 0) is 11.3 Å². The number of methoxy groups -OCH3 is 1. The molecule has 6 nitrogen and oxygen atoms in total. The summed E-state index contributed by atoms with van der Waals surface area (Å²) in [6, 6.07) is 7.72. The van der Waals surface area contributed by atoms with Crippen LogP contribution < -0.4 is 10.6 Å². The van der Waals surface area contributed by atoms with Crippen LogP contribution in [0.4, 0.5) is 0 Å². The maximum atomic E-state index is 12.1. The second-order valence-electron chi connectivity index (χ2n) is 6.41. The zero-order valence-corrected chi connectivity index (χ0v) is 18.3. The zero-order chi connectivity index (χ0) is 18.1. The normalized spacial score (nSPS) is 17.0. The van der Waals surface area contributed by atoms with Gasteiger partial charge in [-0.3, -0.25) is 9.79 Å². The third-order valence-corrected chi connectivity index (χ3v) is 4.37. The minimum Gasteiger partial charge on any atom is -0.384 e. The lowest BCUT2D eigenvalue weighted by molar-refractivity contribution is 0.0953. The first kappa shape index (κ1) is 22.7. The van der Waals surface area contributed by atoms with Crippen molar-refractivity contribution in [3.8, 4) is 0 Å². The van der Waals surface area contributed by atoms with Gasteiger partial charge in [0.05, 0.1) is 6.61 Å². The topological polar surface area (TPSA) is 66.0 Å². The molecule has 1 unspecified atom stereocenters. The molecule has 1 aromatic carbocycles. The molecule has 7 heteroatoms. The Balaban J connectivity index is 0.00000338. The van der Waals surface area contributed by atoms with Gasteiger partial charge in [0.2, 0.25) is 0 Å². The smallest absolute Gasteiger partial charge is 0.251 e. The summed E-state index contributed by atoms with van der Waals surface area (Å²) < 4.78 is 5.26. The van der Waals surface area contributed by atoms with E-state index in [9.17, 15) is 4.79 Å². The second-order valence-corrected chi connectivity index (χ2v) is 6.41. The number of carbonyl (C=O) groups excluding carboxylic acids is 1. The number of guanidine groups is 1. The number of ether oxygens (including phenoxy) is 1. The fourth-order valence-corrected chi connectivity index (χ4v) is 3.07. The van der Waals surface area contributed by atoms with Gasteiger partial charge in [0.25, 0.3) is 5.91 Å². The minimum atomic E-state index is -0.0185.